The van der Waals surface area contributed by atoms with E-state index in [4.69, 9.17) is 0 Å². The predicted octanol–water partition coefficient (Wildman–Crippen LogP) is 1.59. The third kappa shape index (κ3) is 1.92. The van der Waals surface area contributed by atoms with Gasteiger partial charge in [-0.05, 0) is 26.7 Å². The zero-order valence-electron chi connectivity index (χ0n) is 9.91. The molecule has 0 aromatic carbocycles. The zero-order valence-corrected chi connectivity index (χ0v) is 9.91. The Hall–Kier alpha value is -1.45. The number of hydrogen-bond acceptors (Lipinski definition) is 3. The van der Waals surface area contributed by atoms with Gasteiger partial charge < -0.3 is 0 Å². The van der Waals surface area contributed by atoms with Crippen molar-refractivity contribution in [1.29, 1.82) is 0 Å². The molecule has 0 unspecified atom stereocenters. The minimum Gasteiger partial charge on any atom is -0.299 e. The van der Waals surface area contributed by atoms with E-state index in [0.717, 1.165) is 18.5 Å². The molecular formula is C12H16N2O2. The molecule has 0 amide bonds. The summed E-state index contributed by atoms with van der Waals surface area (Å²) in [5, 5.41) is 4.18. The third-order valence-electron chi connectivity index (χ3n) is 3.16. The van der Waals surface area contributed by atoms with Crippen LogP contribution in [-0.4, -0.2) is 21.3 Å². The lowest BCUT2D eigenvalue weighted by Gasteiger charge is -2.00. The van der Waals surface area contributed by atoms with Crippen LogP contribution in [0.1, 0.15) is 41.0 Å². The predicted molar refractivity (Wildman–Crippen MR) is 59.4 cm³/mol. The van der Waals surface area contributed by atoms with Crippen molar-refractivity contribution in [3.8, 4) is 0 Å². The van der Waals surface area contributed by atoms with E-state index in [-0.39, 0.29) is 23.9 Å². The van der Waals surface area contributed by atoms with E-state index in [1.807, 2.05) is 20.9 Å². The molecule has 0 bridgehead atoms. The van der Waals surface area contributed by atoms with Crippen molar-refractivity contribution in [2.45, 2.75) is 33.1 Å². The Kier molecular flexibility index (Phi) is 2.66. The average Bonchev–Trinajstić information content (AvgIpc) is 2.96. The highest BCUT2D eigenvalue weighted by Crippen LogP contribution is 2.31. The molecule has 2 rings (SSSR count). The summed E-state index contributed by atoms with van der Waals surface area (Å²) in [6, 6.07) is 0. The highest BCUT2D eigenvalue weighted by molar-refractivity contribution is 6.10. The van der Waals surface area contributed by atoms with Gasteiger partial charge >= 0.3 is 0 Å². The SMILES string of the molecule is Cc1nn(C)c(C)c1C(=O)CC(=O)C1CC1. The first-order chi connectivity index (χ1) is 7.50. The fraction of sp³-hybridized carbons (Fsp3) is 0.583. The van der Waals surface area contributed by atoms with Crippen LogP contribution in [-0.2, 0) is 11.8 Å². The van der Waals surface area contributed by atoms with Crippen molar-refractivity contribution in [3.05, 3.63) is 17.0 Å². The zero-order chi connectivity index (χ0) is 11.9. The molecule has 1 fully saturated rings. The van der Waals surface area contributed by atoms with Crippen LogP contribution in [0.3, 0.4) is 0 Å². The quantitative estimate of drug-likeness (QED) is 0.572. The molecule has 16 heavy (non-hydrogen) atoms. The number of carbonyl (C=O) groups is 2. The Bertz CT molecular complexity index is 456. The first-order valence-corrected chi connectivity index (χ1v) is 5.56. The summed E-state index contributed by atoms with van der Waals surface area (Å²) in [6.07, 6.45) is 1.95. The fourth-order valence-electron chi connectivity index (χ4n) is 1.97. The van der Waals surface area contributed by atoms with Crippen molar-refractivity contribution in [2.75, 3.05) is 0 Å². The van der Waals surface area contributed by atoms with E-state index in [1.54, 1.807) is 4.68 Å². The van der Waals surface area contributed by atoms with Gasteiger partial charge in [0.2, 0.25) is 0 Å². The molecular weight excluding hydrogens is 204 g/mol. The van der Waals surface area contributed by atoms with Crippen molar-refractivity contribution >= 4 is 11.6 Å². The molecule has 0 spiro atoms. The summed E-state index contributed by atoms with van der Waals surface area (Å²) in [5.74, 6) is 0.161. The van der Waals surface area contributed by atoms with Gasteiger partial charge in [-0.1, -0.05) is 0 Å². The van der Waals surface area contributed by atoms with Crippen molar-refractivity contribution < 1.29 is 9.59 Å². The van der Waals surface area contributed by atoms with Crippen molar-refractivity contribution in [2.24, 2.45) is 13.0 Å². The lowest BCUT2D eigenvalue weighted by molar-refractivity contribution is -0.119. The van der Waals surface area contributed by atoms with Gasteiger partial charge in [-0.25, -0.2) is 0 Å². The molecule has 0 atom stereocenters. The number of nitrogens with zero attached hydrogens (tertiary/aromatic N) is 2. The molecule has 1 aromatic heterocycles. The summed E-state index contributed by atoms with van der Waals surface area (Å²) in [4.78, 5) is 23.5. The number of aryl methyl sites for hydroxylation is 2. The number of rotatable bonds is 4. The highest BCUT2D eigenvalue weighted by atomic mass is 16.1. The Labute approximate surface area is 94.6 Å². The van der Waals surface area contributed by atoms with Crippen LogP contribution in [0.5, 0.6) is 0 Å². The van der Waals surface area contributed by atoms with E-state index in [9.17, 15) is 9.59 Å². The molecule has 86 valence electrons. The second kappa shape index (κ2) is 3.85. The standard InChI is InChI=1S/C12H16N2O2/c1-7-12(8(2)14(3)13-7)11(16)6-10(15)9-4-5-9/h9H,4-6H2,1-3H3. The fourth-order valence-corrected chi connectivity index (χ4v) is 1.97. The average molecular weight is 220 g/mol. The normalized spacial score (nSPS) is 15.2. The van der Waals surface area contributed by atoms with Crippen LogP contribution < -0.4 is 0 Å². The van der Waals surface area contributed by atoms with E-state index < -0.39 is 0 Å². The summed E-state index contributed by atoms with van der Waals surface area (Å²) in [5.41, 5.74) is 2.18. The molecule has 0 N–H and O–H groups in total. The third-order valence-corrected chi connectivity index (χ3v) is 3.16. The Balaban J connectivity index is 2.16. The molecule has 1 aliphatic rings. The first-order valence-electron chi connectivity index (χ1n) is 5.56. The van der Waals surface area contributed by atoms with Gasteiger partial charge in [0, 0.05) is 18.7 Å². The molecule has 1 heterocycles. The number of aromatic nitrogens is 2. The summed E-state index contributed by atoms with van der Waals surface area (Å²) >= 11 is 0. The number of carbonyl (C=O) groups excluding carboxylic acids is 2. The van der Waals surface area contributed by atoms with Crippen LogP contribution in [0.4, 0.5) is 0 Å². The minimum absolute atomic E-state index is 0.0397. The van der Waals surface area contributed by atoms with Gasteiger partial charge in [-0.15, -0.1) is 0 Å². The van der Waals surface area contributed by atoms with Gasteiger partial charge in [-0.3, -0.25) is 14.3 Å². The van der Waals surface area contributed by atoms with Gasteiger partial charge in [0.25, 0.3) is 0 Å². The van der Waals surface area contributed by atoms with Crippen molar-refractivity contribution in [3.63, 3.8) is 0 Å². The number of hydrogen-bond donors (Lipinski definition) is 0. The molecule has 0 saturated heterocycles. The maximum atomic E-state index is 12.0. The maximum absolute atomic E-state index is 12.0. The van der Waals surface area contributed by atoms with Crippen molar-refractivity contribution in [1.82, 2.24) is 9.78 Å². The van der Waals surface area contributed by atoms with Crippen LogP contribution in [0.2, 0.25) is 0 Å². The van der Waals surface area contributed by atoms with Crippen LogP contribution in [0.25, 0.3) is 0 Å². The van der Waals surface area contributed by atoms with Crippen LogP contribution in [0, 0.1) is 19.8 Å². The number of ketones is 2. The Morgan fingerprint density at radius 3 is 2.44 bits per heavy atom. The van der Waals surface area contributed by atoms with E-state index in [1.165, 1.54) is 0 Å². The van der Waals surface area contributed by atoms with Gasteiger partial charge in [-0.2, -0.15) is 5.10 Å². The second-order valence-electron chi connectivity index (χ2n) is 4.51. The monoisotopic (exact) mass is 220 g/mol. The minimum atomic E-state index is -0.0833. The molecule has 4 heteroatoms. The summed E-state index contributed by atoms with van der Waals surface area (Å²) in [7, 11) is 1.81. The molecule has 1 aliphatic carbocycles. The molecule has 1 aromatic rings. The topological polar surface area (TPSA) is 52.0 Å². The number of Topliss-reactive ketones (excluding diaryl/α,β-unsaturated/α-hetero) is 2. The van der Waals surface area contributed by atoms with Gasteiger partial charge in [0.05, 0.1) is 17.7 Å². The second-order valence-corrected chi connectivity index (χ2v) is 4.51. The Morgan fingerprint density at radius 2 is 2.00 bits per heavy atom. The Morgan fingerprint density at radius 1 is 1.38 bits per heavy atom. The lowest BCUT2D eigenvalue weighted by Crippen LogP contribution is -2.11. The molecule has 4 nitrogen and oxygen atoms in total. The van der Waals surface area contributed by atoms with E-state index in [2.05, 4.69) is 5.10 Å². The van der Waals surface area contributed by atoms with Crippen LogP contribution in [0.15, 0.2) is 0 Å². The summed E-state index contributed by atoms with van der Waals surface area (Å²) < 4.78 is 1.68. The van der Waals surface area contributed by atoms with Crippen LogP contribution >= 0.6 is 0 Å². The maximum Gasteiger partial charge on any atom is 0.173 e. The largest absolute Gasteiger partial charge is 0.299 e. The van der Waals surface area contributed by atoms with E-state index >= 15 is 0 Å². The highest BCUT2D eigenvalue weighted by Gasteiger charge is 2.31. The van der Waals surface area contributed by atoms with Gasteiger partial charge in [0.1, 0.15) is 5.78 Å². The van der Waals surface area contributed by atoms with E-state index in [0.29, 0.717) is 11.3 Å². The first kappa shape index (κ1) is 11.0. The molecule has 0 radical (unpaired) electrons. The molecule has 1 saturated carbocycles. The lowest BCUT2D eigenvalue weighted by atomic mass is 10.0. The smallest absolute Gasteiger partial charge is 0.173 e. The van der Waals surface area contributed by atoms with Gasteiger partial charge in [0.15, 0.2) is 5.78 Å². The summed E-state index contributed by atoms with van der Waals surface area (Å²) in [6.45, 7) is 3.66. The molecule has 0 aliphatic heterocycles.